The summed E-state index contributed by atoms with van der Waals surface area (Å²) < 4.78 is 29.9. The van der Waals surface area contributed by atoms with E-state index < -0.39 is 0 Å². The highest BCUT2D eigenvalue weighted by atomic mass is 19.1. The normalized spacial score (nSPS) is 23.8. The van der Waals surface area contributed by atoms with Gasteiger partial charge in [0, 0.05) is 44.4 Å². The summed E-state index contributed by atoms with van der Waals surface area (Å²) in [5.74, 6) is 0.259. The summed E-state index contributed by atoms with van der Waals surface area (Å²) in [6, 6.07) is 4.81. The van der Waals surface area contributed by atoms with Crippen molar-refractivity contribution in [3.63, 3.8) is 0 Å². The van der Waals surface area contributed by atoms with Gasteiger partial charge in [-0.3, -0.25) is 0 Å². The SMILES string of the molecule is COc1ccc(C(C)NCC2(OC)CCOC2)c(F)c1. The molecule has 1 aromatic carbocycles. The number of hydrogen-bond acceptors (Lipinski definition) is 4. The predicted molar refractivity (Wildman–Crippen MR) is 74.5 cm³/mol. The van der Waals surface area contributed by atoms with Crippen LogP contribution in [0.5, 0.6) is 5.75 Å². The first-order valence-electron chi connectivity index (χ1n) is 6.80. The Balaban J connectivity index is 1.99. The Morgan fingerprint density at radius 2 is 2.25 bits per heavy atom. The highest BCUT2D eigenvalue weighted by Gasteiger charge is 2.35. The molecule has 1 aromatic rings. The molecule has 2 unspecified atom stereocenters. The van der Waals surface area contributed by atoms with Crippen molar-refractivity contribution < 1.29 is 18.6 Å². The summed E-state index contributed by atoms with van der Waals surface area (Å²) in [6.07, 6.45) is 0.855. The van der Waals surface area contributed by atoms with Crippen LogP contribution in [0.3, 0.4) is 0 Å². The van der Waals surface area contributed by atoms with Gasteiger partial charge in [-0.2, -0.15) is 0 Å². The fraction of sp³-hybridized carbons (Fsp3) is 0.600. The van der Waals surface area contributed by atoms with Gasteiger partial charge in [0.15, 0.2) is 0 Å². The number of rotatable bonds is 6. The topological polar surface area (TPSA) is 39.7 Å². The highest BCUT2D eigenvalue weighted by molar-refractivity contribution is 5.30. The molecule has 4 nitrogen and oxygen atoms in total. The van der Waals surface area contributed by atoms with E-state index in [1.165, 1.54) is 13.2 Å². The number of ether oxygens (including phenoxy) is 3. The lowest BCUT2D eigenvalue weighted by atomic mass is 10.0. The van der Waals surface area contributed by atoms with Gasteiger partial charge in [-0.25, -0.2) is 4.39 Å². The van der Waals surface area contributed by atoms with Gasteiger partial charge in [0.1, 0.15) is 17.2 Å². The largest absolute Gasteiger partial charge is 0.497 e. The minimum atomic E-state index is -0.294. The predicted octanol–water partition coefficient (Wildman–Crippen LogP) is 2.29. The van der Waals surface area contributed by atoms with Crippen LogP contribution in [-0.4, -0.2) is 39.6 Å². The van der Waals surface area contributed by atoms with E-state index in [1.54, 1.807) is 19.2 Å². The lowest BCUT2D eigenvalue weighted by molar-refractivity contribution is -0.0172. The third kappa shape index (κ3) is 3.29. The van der Waals surface area contributed by atoms with E-state index >= 15 is 0 Å². The van der Waals surface area contributed by atoms with Crippen LogP contribution in [0.15, 0.2) is 18.2 Å². The Morgan fingerprint density at radius 1 is 1.45 bits per heavy atom. The van der Waals surface area contributed by atoms with Crippen LogP contribution in [0.1, 0.15) is 24.9 Å². The lowest BCUT2D eigenvalue weighted by Crippen LogP contribution is -2.43. The van der Waals surface area contributed by atoms with E-state index in [0.717, 1.165) is 6.42 Å². The molecule has 0 amide bonds. The first-order chi connectivity index (χ1) is 9.60. The first kappa shape index (κ1) is 15.2. The Labute approximate surface area is 119 Å². The molecule has 0 aromatic heterocycles. The molecule has 1 fully saturated rings. The summed E-state index contributed by atoms with van der Waals surface area (Å²) in [7, 11) is 3.22. The maximum Gasteiger partial charge on any atom is 0.131 e. The van der Waals surface area contributed by atoms with Gasteiger partial charge in [0.2, 0.25) is 0 Å². The summed E-state index contributed by atoms with van der Waals surface area (Å²) in [6.45, 7) is 3.86. The molecule has 5 heteroatoms. The van der Waals surface area contributed by atoms with Crippen molar-refractivity contribution in [1.29, 1.82) is 0 Å². The molecule has 0 bridgehead atoms. The van der Waals surface area contributed by atoms with Crippen molar-refractivity contribution in [2.24, 2.45) is 0 Å². The zero-order valence-corrected chi connectivity index (χ0v) is 12.2. The number of methoxy groups -OCH3 is 2. The molecule has 0 saturated carbocycles. The van der Waals surface area contributed by atoms with Crippen LogP contribution in [0, 0.1) is 5.82 Å². The molecular formula is C15H22FNO3. The molecule has 2 rings (SSSR count). The van der Waals surface area contributed by atoms with Crippen LogP contribution >= 0.6 is 0 Å². The van der Waals surface area contributed by atoms with Gasteiger partial charge in [0.05, 0.1) is 13.7 Å². The second-order valence-corrected chi connectivity index (χ2v) is 5.18. The second kappa shape index (κ2) is 6.52. The Kier molecular flexibility index (Phi) is 4.96. The number of nitrogens with one attached hydrogen (secondary N) is 1. The minimum absolute atomic E-state index is 0.103. The van der Waals surface area contributed by atoms with Crippen LogP contribution in [-0.2, 0) is 9.47 Å². The van der Waals surface area contributed by atoms with Crippen molar-refractivity contribution in [3.05, 3.63) is 29.6 Å². The molecule has 2 atom stereocenters. The smallest absolute Gasteiger partial charge is 0.131 e. The van der Waals surface area contributed by atoms with Crippen LogP contribution in [0.2, 0.25) is 0 Å². The van der Waals surface area contributed by atoms with Gasteiger partial charge in [0.25, 0.3) is 0 Å². The first-order valence-corrected chi connectivity index (χ1v) is 6.80. The maximum absolute atomic E-state index is 14.0. The summed E-state index contributed by atoms with van der Waals surface area (Å²) >= 11 is 0. The zero-order valence-electron chi connectivity index (χ0n) is 12.2. The molecule has 1 aliphatic heterocycles. The molecule has 20 heavy (non-hydrogen) atoms. The van der Waals surface area contributed by atoms with Crippen LogP contribution in [0.4, 0.5) is 4.39 Å². The summed E-state index contributed by atoms with van der Waals surface area (Å²) in [5, 5.41) is 3.33. The second-order valence-electron chi connectivity index (χ2n) is 5.18. The zero-order chi connectivity index (χ0) is 14.6. The molecule has 0 aliphatic carbocycles. The Hall–Kier alpha value is -1.17. The average molecular weight is 283 g/mol. The Morgan fingerprint density at radius 3 is 2.80 bits per heavy atom. The molecule has 1 heterocycles. The fourth-order valence-corrected chi connectivity index (χ4v) is 2.40. The van der Waals surface area contributed by atoms with Crippen molar-refractivity contribution in [3.8, 4) is 5.75 Å². The number of hydrogen-bond donors (Lipinski definition) is 1. The van der Waals surface area contributed by atoms with Crippen molar-refractivity contribution in [2.75, 3.05) is 34.0 Å². The van der Waals surface area contributed by atoms with Crippen LogP contribution in [0.25, 0.3) is 0 Å². The lowest BCUT2D eigenvalue weighted by Gasteiger charge is -2.28. The van der Waals surface area contributed by atoms with Gasteiger partial charge < -0.3 is 19.5 Å². The fourth-order valence-electron chi connectivity index (χ4n) is 2.40. The number of benzene rings is 1. The molecular weight excluding hydrogens is 261 g/mol. The molecule has 112 valence electrons. The van der Waals surface area contributed by atoms with E-state index in [1.807, 2.05) is 6.92 Å². The van der Waals surface area contributed by atoms with E-state index in [0.29, 0.717) is 31.1 Å². The van der Waals surface area contributed by atoms with Gasteiger partial charge in [-0.15, -0.1) is 0 Å². The molecule has 1 aliphatic rings. The van der Waals surface area contributed by atoms with E-state index in [4.69, 9.17) is 14.2 Å². The molecule has 1 saturated heterocycles. The minimum Gasteiger partial charge on any atom is -0.497 e. The summed E-state index contributed by atoms with van der Waals surface area (Å²) in [4.78, 5) is 0. The van der Waals surface area contributed by atoms with E-state index in [2.05, 4.69) is 5.32 Å². The summed E-state index contributed by atoms with van der Waals surface area (Å²) in [5.41, 5.74) is 0.327. The van der Waals surface area contributed by atoms with Crippen molar-refractivity contribution in [1.82, 2.24) is 5.32 Å². The van der Waals surface area contributed by atoms with E-state index in [-0.39, 0.29) is 17.5 Å². The molecule has 1 N–H and O–H groups in total. The van der Waals surface area contributed by atoms with Gasteiger partial charge in [-0.05, 0) is 13.0 Å². The third-order valence-corrected chi connectivity index (χ3v) is 3.90. The molecule has 0 radical (unpaired) electrons. The monoisotopic (exact) mass is 283 g/mol. The van der Waals surface area contributed by atoms with Crippen molar-refractivity contribution >= 4 is 0 Å². The highest BCUT2D eigenvalue weighted by Crippen LogP contribution is 2.25. The quantitative estimate of drug-likeness (QED) is 0.869. The third-order valence-electron chi connectivity index (χ3n) is 3.90. The standard InChI is InChI=1S/C15H22FNO3/c1-11(13-5-4-12(18-2)8-14(13)16)17-9-15(19-3)6-7-20-10-15/h4-5,8,11,17H,6-7,9-10H2,1-3H3. The number of halogens is 1. The average Bonchev–Trinajstić information content (AvgIpc) is 2.94. The van der Waals surface area contributed by atoms with Gasteiger partial charge >= 0.3 is 0 Å². The van der Waals surface area contributed by atoms with Crippen molar-refractivity contribution in [2.45, 2.75) is 25.0 Å². The van der Waals surface area contributed by atoms with Crippen LogP contribution < -0.4 is 10.1 Å². The van der Waals surface area contributed by atoms with E-state index in [9.17, 15) is 4.39 Å². The maximum atomic E-state index is 14.0. The van der Waals surface area contributed by atoms with Gasteiger partial charge in [-0.1, -0.05) is 6.07 Å². The Bertz CT molecular complexity index is 447. The molecule has 0 spiro atoms.